The number of carbonyl (C=O) groups is 3. The fourth-order valence-electron chi connectivity index (χ4n) is 4.91. The molecule has 0 unspecified atom stereocenters. The van der Waals surface area contributed by atoms with E-state index in [1.165, 1.54) is 6.92 Å². The Bertz CT molecular complexity index is 912. The van der Waals surface area contributed by atoms with Crippen molar-refractivity contribution in [1.29, 1.82) is 0 Å². The standard InChI is InChI=1S/C19H16Br2ClF3N2O3/c1-6(16(28)26-11-4-7(19(23,24)25)2-3-10(11)22)27-17(29)12-8-5-9(13(12)18(27)30)15(21)14(8)20/h2-4,6,8-9,12-15H,5H2,1H3,(H,26,28)/t6-,8-,9-,12-,13+,14-,15+/m1/s1. The second kappa shape index (κ2) is 7.48. The molecule has 2 aliphatic carbocycles. The smallest absolute Gasteiger partial charge is 0.323 e. The number of amides is 3. The summed E-state index contributed by atoms with van der Waals surface area (Å²) in [5.41, 5.74) is -1.20. The minimum absolute atomic E-state index is 0.000928. The summed E-state index contributed by atoms with van der Waals surface area (Å²) in [6, 6.07) is 1.38. The van der Waals surface area contributed by atoms with Crippen LogP contribution in [0.15, 0.2) is 18.2 Å². The third-order valence-electron chi connectivity index (χ3n) is 6.34. The Kier molecular flexibility index (Phi) is 5.50. The number of carbonyl (C=O) groups excluding carboxylic acids is 3. The summed E-state index contributed by atoms with van der Waals surface area (Å²) in [6.45, 7) is 1.38. The number of likely N-dealkylation sites (tertiary alicyclic amines) is 1. The van der Waals surface area contributed by atoms with Crippen LogP contribution in [0.2, 0.25) is 5.02 Å². The quantitative estimate of drug-likeness (QED) is 0.430. The molecule has 0 spiro atoms. The van der Waals surface area contributed by atoms with Gasteiger partial charge < -0.3 is 5.32 Å². The van der Waals surface area contributed by atoms with Crippen molar-refractivity contribution < 1.29 is 27.6 Å². The highest BCUT2D eigenvalue weighted by Gasteiger charge is 2.67. The number of anilines is 1. The first-order valence-corrected chi connectivity index (χ1v) is 11.5. The first kappa shape index (κ1) is 22.1. The van der Waals surface area contributed by atoms with Crippen molar-refractivity contribution in [2.75, 3.05) is 5.32 Å². The van der Waals surface area contributed by atoms with Crippen molar-refractivity contribution in [2.24, 2.45) is 23.7 Å². The lowest BCUT2D eigenvalue weighted by Gasteiger charge is -2.28. The van der Waals surface area contributed by atoms with Gasteiger partial charge in [-0.3, -0.25) is 19.3 Å². The van der Waals surface area contributed by atoms with E-state index in [2.05, 4.69) is 37.2 Å². The van der Waals surface area contributed by atoms with Crippen LogP contribution in [0.4, 0.5) is 18.9 Å². The Balaban J connectivity index is 1.55. The van der Waals surface area contributed by atoms with E-state index >= 15 is 0 Å². The van der Waals surface area contributed by atoms with E-state index in [0.29, 0.717) is 0 Å². The van der Waals surface area contributed by atoms with Gasteiger partial charge in [-0.15, -0.1) is 0 Å². The number of halogens is 6. The van der Waals surface area contributed by atoms with Gasteiger partial charge in [-0.2, -0.15) is 13.2 Å². The number of rotatable bonds is 3. The maximum atomic E-state index is 13.0. The van der Waals surface area contributed by atoms with Crippen LogP contribution >= 0.6 is 43.5 Å². The molecule has 3 amide bonds. The van der Waals surface area contributed by atoms with Gasteiger partial charge in [0.2, 0.25) is 17.7 Å². The molecule has 3 aliphatic rings. The molecule has 1 aromatic rings. The van der Waals surface area contributed by atoms with Crippen LogP contribution in [0.3, 0.4) is 0 Å². The van der Waals surface area contributed by atoms with Crippen LogP contribution in [-0.2, 0) is 20.6 Å². The van der Waals surface area contributed by atoms with E-state index < -0.39 is 47.3 Å². The first-order chi connectivity index (χ1) is 13.9. The number of benzene rings is 1. The molecule has 5 nitrogen and oxygen atoms in total. The van der Waals surface area contributed by atoms with Crippen molar-refractivity contribution >= 4 is 66.9 Å². The second-order valence-electron chi connectivity index (χ2n) is 7.91. The highest BCUT2D eigenvalue weighted by atomic mass is 79.9. The molecule has 4 rings (SSSR count). The number of fused-ring (bicyclic) bond motifs is 5. The largest absolute Gasteiger partial charge is 0.416 e. The normalized spacial score (nSPS) is 33.8. The lowest BCUT2D eigenvalue weighted by molar-refractivity contribution is -0.146. The minimum Gasteiger partial charge on any atom is -0.323 e. The number of nitrogens with zero attached hydrogens (tertiary/aromatic N) is 1. The molecular formula is C19H16Br2ClF3N2O3. The second-order valence-corrected chi connectivity index (χ2v) is 10.4. The summed E-state index contributed by atoms with van der Waals surface area (Å²) in [4.78, 5) is 39.8. The highest BCUT2D eigenvalue weighted by Crippen LogP contribution is 2.60. The molecular weight excluding hydrogens is 556 g/mol. The van der Waals surface area contributed by atoms with Gasteiger partial charge >= 0.3 is 6.18 Å². The number of hydrogen-bond acceptors (Lipinski definition) is 3. The van der Waals surface area contributed by atoms with Crippen molar-refractivity contribution in [3.63, 3.8) is 0 Å². The van der Waals surface area contributed by atoms with Crippen LogP contribution in [0.1, 0.15) is 18.9 Å². The van der Waals surface area contributed by atoms with Gasteiger partial charge in [0.15, 0.2) is 0 Å². The lowest BCUT2D eigenvalue weighted by atomic mass is 9.81. The Morgan fingerprint density at radius 3 is 2.20 bits per heavy atom. The SMILES string of the molecule is C[C@H](C(=O)Nc1cc(C(F)(F)F)ccc1Cl)N1C(=O)[C@@H]2[C@H]3C[C@@H]([C@H](Br)[C@@H]3Br)[C@@H]2C1=O. The first-order valence-electron chi connectivity index (χ1n) is 9.26. The molecule has 2 saturated carbocycles. The molecule has 7 atom stereocenters. The van der Waals surface area contributed by atoms with Gasteiger partial charge in [0, 0.05) is 9.65 Å². The molecule has 3 fully saturated rings. The fraction of sp³-hybridized carbons (Fsp3) is 0.526. The molecule has 2 bridgehead atoms. The van der Waals surface area contributed by atoms with Crippen molar-refractivity contribution in [3.05, 3.63) is 28.8 Å². The summed E-state index contributed by atoms with van der Waals surface area (Å²) >= 11 is 13.1. The molecule has 0 aromatic heterocycles. The van der Waals surface area contributed by atoms with Crippen LogP contribution < -0.4 is 5.32 Å². The van der Waals surface area contributed by atoms with Gasteiger partial charge in [0.1, 0.15) is 6.04 Å². The predicted molar refractivity (Wildman–Crippen MR) is 110 cm³/mol. The monoisotopic (exact) mass is 570 g/mol. The van der Waals surface area contributed by atoms with Crippen LogP contribution in [0.25, 0.3) is 0 Å². The topological polar surface area (TPSA) is 66.5 Å². The molecule has 1 aliphatic heterocycles. The van der Waals surface area contributed by atoms with Gasteiger partial charge in [0.25, 0.3) is 0 Å². The molecule has 11 heteroatoms. The van der Waals surface area contributed by atoms with Crippen molar-refractivity contribution in [1.82, 2.24) is 4.90 Å². The lowest BCUT2D eigenvalue weighted by Crippen LogP contribution is -2.46. The summed E-state index contributed by atoms with van der Waals surface area (Å²) < 4.78 is 38.9. The third-order valence-corrected chi connectivity index (χ3v) is 9.88. The number of hydrogen-bond donors (Lipinski definition) is 1. The zero-order valence-corrected chi connectivity index (χ0v) is 19.3. The summed E-state index contributed by atoms with van der Waals surface area (Å²) in [5.74, 6) is -2.55. The van der Waals surface area contributed by atoms with Crippen LogP contribution in [0.5, 0.6) is 0 Å². The van der Waals surface area contributed by atoms with Crippen LogP contribution in [-0.4, -0.2) is 38.3 Å². The summed E-state index contributed by atoms with van der Waals surface area (Å²) in [7, 11) is 0. The van der Waals surface area contributed by atoms with E-state index in [0.717, 1.165) is 29.5 Å². The summed E-state index contributed by atoms with van der Waals surface area (Å²) in [5, 5.41) is 2.24. The van der Waals surface area contributed by atoms with Gasteiger partial charge in [0.05, 0.1) is 28.1 Å². The average Bonchev–Trinajstić information content (AvgIpc) is 3.27. The molecule has 1 N–H and O–H groups in total. The Labute approximate surface area is 191 Å². The fourth-order valence-corrected chi connectivity index (χ4v) is 6.94. The van der Waals surface area contributed by atoms with Gasteiger partial charge in [-0.05, 0) is 43.4 Å². The maximum Gasteiger partial charge on any atom is 0.416 e. The molecule has 1 aromatic carbocycles. The van der Waals surface area contributed by atoms with E-state index in [9.17, 15) is 27.6 Å². The molecule has 0 radical (unpaired) electrons. The zero-order chi connectivity index (χ0) is 22.1. The zero-order valence-electron chi connectivity index (χ0n) is 15.4. The summed E-state index contributed by atoms with van der Waals surface area (Å²) in [6.07, 6.45) is -3.85. The maximum absolute atomic E-state index is 13.0. The molecule has 162 valence electrons. The van der Waals surface area contributed by atoms with E-state index in [4.69, 9.17) is 11.6 Å². The van der Waals surface area contributed by atoms with Crippen LogP contribution in [0, 0.1) is 23.7 Å². The molecule has 1 saturated heterocycles. The molecule has 30 heavy (non-hydrogen) atoms. The third kappa shape index (κ3) is 3.30. The Hall–Kier alpha value is -1.13. The Morgan fingerprint density at radius 1 is 1.17 bits per heavy atom. The van der Waals surface area contributed by atoms with Crippen molar-refractivity contribution in [2.45, 2.75) is 35.2 Å². The Morgan fingerprint density at radius 2 is 1.70 bits per heavy atom. The van der Waals surface area contributed by atoms with E-state index in [1.807, 2.05) is 0 Å². The average molecular weight is 573 g/mol. The minimum atomic E-state index is -4.61. The van der Waals surface area contributed by atoms with Gasteiger partial charge in [-0.1, -0.05) is 43.5 Å². The molecule has 1 heterocycles. The van der Waals surface area contributed by atoms with Gasteiger partial charge in [-0.25, -0.2) is 0 Å². The van der Waals surface area contributed by atoms with Crippen molar-refractivity contribution in [3.8, 4) is 0 Å². The predicted octanol–water partition coefficient (Wildman–Crippen LogP) is 4.46. The number of nitrogens with one attached hydrogen (secondary N) is 1. The van der Waals surface area contributed by atoms with E-state index in [-0.39, 0.29) is 32.2 Å². The highest BCUT2D eigenvalue weighted by molar-refractivity contribution is 9.12. The van der Waals surface area contributed by atoms with E-state index in [1.54, 1.807) is 0 Å². The number of imide groups is 1. The number of alkyl halides is 5.